The SMILES string of the molecule is CC(=O)Nc1ccc(N[C@H](C)C(=O)Nc2ccc(N3CCOCC3)cc2)cc1Cl. The molecule has 0 spiro atoms. The molecule has 0 aliphatic carbocycles. The van der Waals surface area contributed by atoms with E-state index in [1.54, 1.807) is 25.1 Å². The third kappa shape index (κ3) is 5.85. The van der Waals surface area contributed by atoms with Crippen LogP contribution in [0.1, 0.15) is 13.8 Å². The largest absolute Gasteiger partial charge is 0.378 e. The highest BCUT2D eigenvalue weighted by Crippen LogP contribution is 2.26. The zero-order valence-corrected chi connectivity index (χ0v) is 17.3. The molecule has 1 saturated heterocycles. The van der Waals surface area contributed by atoms with Gasteiger partial charge in [-0.2, -0.15) is 0 Å². The van der Waals surface area contributed by atoms with Gasteiger partial charge >= 0.3 is 0 Å². The van der Waals surface area contributed by atoms with Crippen LogP contribution in [0.25, 0.3) is 0 Å². The third-order valence-corrected chi connectivity index (χ3v) is 4.88. The van der Waals surface area contributed by atoms with E-state index in [0.717, 1.165) is 37.7 Å². The summed E-state index contributed by atoms with van der Waals surface area (Å²) in [5.41, 5.74) is 3.07. The topological polar surface area (TPSA) is 82.7 Å². The fourth-order valence-electron chi connectivity index (χ4n) is 3.04. The van der Waals surface area contributed by atoms with Crippen LogP contribution in [0.15, 0.2) is 42.5 Å². The lowest BCUT2D eigenvalue weighted by molar-refractivity contribution is -0.116. The van der Waals surface area contributed by atoms with Crippen LogP contribution < -0.4 is 20.9 Å². The molecule has 0 radical (unpaired) electrons. The zero-order chi connectivity index (χ0) is 20.8. The number of nitrogens with zero attached hydrogens (tertiary/aromatic N) is 1. The monoisotopic (exact) mass is 416 g/mol. The van der Waals surface area contributed by atoms with Crippen LogP contribution in [-0.4, -0.2) is 44.2 Å². The highest BCUT2D eigenvalue weighted by molar-refractivity contribution is 6.34. The molecule has 8 heteroatoms. The van der Waals surface area contributed by atoms with E-state index in [0.29, 0.717) is 16.4 Å². The van der Waals surface area contributed by atoms with Crippen molar-refractivity contribution in [2.24, 2.45) is 0 Å². The summed E-state index contributed by atoms with van der Waals surface area (Å²) in [6, 6.07) is 12.5. The number of morpholine rings is 1. The summed E-state index contributed by atoms with van der Waals surface area (Å²) in [7, 11) is 0. The van der Waals surface area contributed by atoms with Gasteiger partial charge in [-0.3, -0.25) is 9.59 Å². The average Bonchev–Trinajstić information content (AvgIpc) is 2.71. The number of carbonyl (C=O) groups is 2. The Labute approximate surface area is 175 Å². The quantitative estimate of drug-likeness (QED) is 0.670. The Kier molecular flexibility index (Phi) is 6.95. The lowest BCUT2D eigenvalue weighted by atomic mass is 10.2. The summed E-state index contributed by atoms with van der Waals surface area (Å²) in [4.78, 5) is 25.9. The Morgan fingerprint density at radius 3 is 2.31 bits per heavy atom. The van der Waals surface area contributed by atoms with Crippen molar-refractivity contribution < 1.29 is 14.3 Å². The van der Waals surface area contributed by atoms with Crippen molar-refractivity contribution in [1.29, 1.82) is 0 Å². The van der Waals surface area contributed by atoms with Gasteiger partial charge in [-0.05, 0) is 49.4 Å². The number of ether oxygens (including phenoxy) is 1. The molecule has 3 rings (SSSR count). The molecule has 1 atom stereocenters. The number of hydrogen-bond donors (Lipinski definition) is 3. The molecule has 0 saturated carbocycles. The summed E-state index contributed by atoms with van der Waals surface area (Å²) in [5.74, 6) is -0.355. The van der Waals surface area contributed by atoms with E-state index < -0.39 is 6.04 Å². The molecule has 2 aromatic carbocycles. The molecule has 0 unspecified atom stereocenters. The van der Waals surface area contributed by atoms with Crippen LogP contribution in [0.3, 0.4) is 0 Å². The van der Waals surface area contributed by atoms with Gasteiger partial charge in [0.1, 0.15) is 6.04 Å². The van der Waals surface area contributed by atoms with Gasteiger partial charge in [0, 0.05) is 37.1 Å². The normalized spacial score (nSPS) is 14.8. The first-order chi connectivity index (χ1) is 13.9. The van der Waals surface area contributed by atoms with Crippen LogP contribution in [0.2, 0.25) is 5.02 Å². The predicted molar refractivity (Wildman–Crippen MR) is 117 cm³/mol. The fourth-order valence-corrected chi connectivity index (χ4v) is 3.27. The van der Waals surface area contributed by atoms with Crippen molar-refractivity contribution in [3.05, 3.63) is 47.5 Å². The zero-order valence-electron chi connectivity index (χ0n) is 16.5. The van der Waals surface area contributed by atoms with Crippen molar-refractivity contribution >= 4 is 46.2 Å². The number of amides is 2. The Morgan fingerprint density at radius 1 is 1.03 bits per heavy atom. The van der Waals surface area contributed by atoms with Gasteiger partial charge < -0.3 is 25.6 Å². The number of anilines is 4. The summed E-state index contributed by atoms with van der Waals surface area (Å²) >= 11 is 6.18. The maximum absolute atomic E-state index is 12.5. The van der Waals surface area contributed by atoms with Crippen LogP contribution in [-0.2, 0) is 14.3 Å². The first-order valence-corrected chi connectivity index (χ1v) is 9.87. The molecular weight excluding hydrogens is 392 g/mol. The van der Waals surface area contributed by atoms with Crippen molar-refractivity contribution in [2.45, 2.75) is 19.9 Å². The predicted octanol–water partition coefficient (Wildman–Crippen LogP) is 3.57. The van der Waals surface area contributed by atoms with Gasteiger partial charge in [-0.15, -0.1) is 0 Å². The minimum Gasteiger partial charge on any atom is -0.378 e. The van der Waals surface area contributed by atoms with E-state index in [-0.39, 0.29) is 11.8 Å². The molecule has 1 fully saturated rings. The van der Waals surface area contributed by atoms with Gasteiger partial charge in [-0.25, -0.2) is 0 Å². The minimum atomic E-state index is -0.475. The molecule has 1 aliphatic heterocycles. The number of rotatable bonds is 6. The van der Waals surface area contributed by atoms with E-state index in [2.05, 4.69) is 20.9 Å². The molecule has 154 valence electrons. The summed E-state index contributed by atoms with van der Waals surface area (Å²) in [5, 5.41) is 9.07. The first kappa shape index (κ1) is 21.0. The van der Waals surface area contributed by atoms with Gasteiger partial charge in [0.15, 0.2) is 0 Å². The standard InChI is InChI=1S/C21H25ClN4O3/c1-14(23-17-5-8-20(19(22)13-17)24-15(2)27)21(28)25-16-3-6-18(7-4-16)26-9-11-29-12-10-26/h3-8,13-14,23H,9-12H2,1-2H3,(H,24,27)(H,25,28)/t14-/m1/s1. The van der Waals surface area contributed by atoms with Crippen LogP contribution in [0.4, 0.5) is 22.7 Å². The highest BCUT2D eigenvalue weighted by Gasteiger charge is 2.15. The molecular formula is C21H25ClN4O3. The van der Waals surface area contributed by atoms with Crippen molar-refractivity contribution in [3.63, 3.8) is 0 Å². The van der Waals surface area contributed by atoms with Crippen LogP contribution in [0.5, 0.6) is 0 Å². The number of benzene rings is 2. The minimum absolute atomic E-state index is 0.161. The highest BCUT2D eigenvalue weighted by atomic mass is 35.5. The molecule has 7 nitrogen and oxygen atoms in total. The van der Waals surface area contributed by atoms with E-state index in [1.807, 2.05) is 24.3 Å². The average molecular weight is 417 g/mol. The first-order valence-electron chi connectivity index (χ1n) is 9.49. The maximum atomic E-state index is 12.5. The summed E-state index contributed by atoms with van der Waals surface area (Å²) < 4.78 is 5.37. The molecule has 3 N–H and O–H groups in total. The maximum Gasteiger partial charge on any atom is 0.246 e. The van der Waals surface area contributed by atoms with Gasteiger partial charge in [-0.1, -0.05) is 11.6 Å². The Balaban J connectivity index is 1.56. The van der Waals surface area contributed by atoms with Crippen LogP contribution in [0, 0.1) is 0 Å². The van der Waals surface area contributed by atoms with Gasteiger partial charge in [0.05, 0.1) is 23.9 Å². The van der Waals surface area contributed by atoms with Crippen molar-refractivity contribution in [2.75, 3.05) is 47.2 Å². The summed E-state index contributed by atoms with van der Waals surface area (Å²) in [6.07, 6.45) is 0. The van der Waals surface area contributed by atoms with Gasteiger partial charge in [0.25, 0.3) is 0 Å². The van der Waals surface area contributed by atoms with E-state index in [9.17, 15) is 9.59 Å². The number of hydrogen-bond acceptors (Lipinski definition) is 5. The third-order valence-electron chi connectivity index (χ3n) is 4.57. The number of nitrogens with one attached hydrogen (secondary N) is 3. The second-order valence-electron chi connectivity index (χ2n) is 6.88. The van der Waals surface area contributed by atoms with Crippen molar-refractivity contribution in [1.82, 2.24) is 0 Å². The lowest BCUT2D eigenvalue weighted by Crippen LogP contribution is -2.36. The molecule has 2 aromatic rings. The second-order valence-corrected chi connectivity index (χ2v) is 7.28. The smallest absolute Gasteiger partial charge is 0.246 e. The van der Waals surface area contributed by atoms with E-state index >= 15 is 0 Å². The summed E-state index contributed by atoms with van der Waals surface area (Å²) in [6.45, 7) is 6.40. The lowest BCUT2D eigenvalue weighted by Gasteiger charge is -2.29. The molecule has 0 aromatic heterocycles. The Bertz CT molecular complexity index is 867. The number of halogens is 1. The second kappa shape index (κ2) is 9.62. The molecule has 1 heterocycles. The molecule has 0 bridgehead atoms. The van der Waals surface area contributed by atoms with E-state index in [4.69, 9.17) is 16.3 Å². The fraction of sp³-hybridized carbons (Fsp3) is 0.333. The van der Waals surface area contributed by atoms with Crippen molar-refractivity contribution in [3.8, 4) is 0 Å². The van der Waals surface area contributed by atoms with Crippen LogP contribution >= 0.6 is 11.6 Å². The molecule has 1 aliphatic rings. The van der Waals surface area contributed by atoms with Gasteiger partial charge in [0.2, 0.25) is 11.8 Å². The number of carbonyl (C=O) groups excluding carboxylic acids is 2. The Hall–Kier alpha value is -2.77. The molecule has 29 heavy (non-hydrogen) atoms. The van der Waals surface area contributed by atoms with E-state index in [1.165, 1.54) is 6.92 Å². The molecule has 2 amide bonds. The Morgan fingerprint density at radius 2 is 1.69 bits per heavy atom.